The third-order valence-electron chi connectivity index (χ3n) is 14.1. The third-order valence-corrected chi connectivity index (χ3v) is 15.1. The second kappa shape index (κ2) is 53.5. The molecule has 0 aliphatic rings. The summed E-state index contributed by atoms with van der Waals surface area (Å²) in [4.78, 5) is 25.5. The quantitative estimate of drug-likeness (QED) is 0.0272. The van der Waals surface area contributed by atoms with E-state index in [9.17, 15) is 19.4 Å². The number of phosphoric acid groups is 1. The molecule has 0 saturated heterocycles. The Kier molecular flexibility index (Phi) is 52.6. The Morgan fingerprint density at radius 3 is 1.18 bits per heavy atom. The Labute approximate surface area is 442 Å². The third kappa shape index (κ3) is 56.3. The van der Waals surface area contributed by atoms with Crippen molar-refractivity contribution in [2.24, 2.45) is 0 Å². The van der Waals surface area contributed by atoms with E-state index in [1.54, 1.807) is 0 Å². The van der Waals surface area contributed by atoms with Crippen LogP contribution >= 0.6 is 7.82 Å². The maximum atomic E-state index is 13.0. The average molecular weight is 1020 g/mol. The van der Waals surface area contributed by atoms with E-state index in [2.05, 4.69) is 55.6 Å². The summed E-state index contributed by atoms with van der Waals surface area (Å²) in [5.74, 6) is -0.161. The van der Waals surface area contributed by atoms with E-state index >= 15 is 0 Å². The first-order valence-electron chi connectivity index (χ1n) is 30.8. The Morgan fingerprint density at radius 2 is 0.817 bits per heavy atom. The van der Waals surface area contributed by atoms with E-state index in [1.807, 2.05) is 21.1 Å². The molecule has 420 valence electrons. The molecule has 3 unspecified atom stereocenters. The molecule has 0 radical (unpaired) electrons. The molecule has 0 spiro atoms. The van der Waals surface area contributed by atoms with Crippen LogP contribution in [0.1, 0.15) is 303 Å². The van der Waals surface area contributed by atoms with Gasteiger partial charge in [0.05, 0.1) is 39.9 Å². The number of nitrogens with one attached hydrogen (secondary N) is 1. The van der Waals surface area contributed by atoms with Crippen molar-refractivity contribution in [2.45, 2.75) is 315 Å². The molecule has 0 fully saturated rings. The number of aliphatic hydroxyl groups excluding tert-OH is 1. The summed E-state index contributed by atoms with van der Waals surface area (Å²) in [6, 6.07) is -0.797. The summed E-state index contributed by atoms with van der Waals surface area (Å²) in [5.41, 5.74) is 0. The molecule has 0 aromatic heterocycles. The highest BCUT2D eigenvalue weighted by atomic mass is 31.2. The fourth-order valence-corrected chi connectivity index (χ4v) is 10.0. The van der Waals surface area contributed by atoms with Crippen LogP contribution < -0.4 is 10.2 Å². The van der Waals surface area contributed by atoms with Crippen LogP contribution in [0.2, 0.25) is 0 Å². The average Bonchev–Trinajstić information content (AvgIpc) is 3.33. The van der Waals surface area contributed by atoms with E-state index in [0.29, 0.717) is 23.9 Å². The van der Waals surface area contributed by atoms with Gasteiger partial charge in [0, 0.05) is 6.42 Å². The summed E-state index contributed by atoms with van der Waals surface area (Å²) in [7, 11) is 1.32. The summed E-state index contributed by atoms with van der Waals surface area (Å²) in [5, 5.41) is 14.0. The van der Waals surface area contributed by atoms with Crippen molar-refractivity contribution in [2.75, 3.05) is 40.9 Å². The lowest BCUT2D eigenvalue weighted by molar-refractivity contribution is -0.870. The fourth-order valence-electron chi connectivity index (χ4n) is 9.29. The minimum atomic E-state index is -4.57. The maximum Gasteiger partial charge on any atom is 0.268 e. The van der Waals surface area contributed by atoms with Crippen LogP contribution in [0.15, 0.2) is 36.5 Å². The fraction of sp³-hybridized carbons (Fsp3) is 0.887. The Balaban J connectivity index is 3.88. The van der Waals surface area contributed by atoms with Gasteiger partial charge >= 0.3 is 0 Å². The second-order valence-electron chi connectivity index (χ2n) is 22.4. The van der Waals surface area contributed by atoms with Gasteiger partial charge < -0.3 is 28.8 Å². The number of aliphatic hydroxyl groups is 1. The van der Waals surface area contributed by atoms with Gasteiger partial charge in [-0.25, -0.2) is 0 Å². The topological polar surface area (TPSA) is 108 Å². The van der Waals surface area contributed by atoms with Crippen LogP contribution in [-0.2, 0) is 18.4 Å². The summed E-state index contributed by atoms with van der Waals surface area (Å²) < 4.78 is 23.4. The lowest BCUT2D eigenvalue weighted by Gasteiger charge is -2.30. The van der Waals surface area contributed by atoms with Crippen molar-refractivity contribution < 1.29 is 32.9 Å². The van der Waals surface area contributed by atoms with Gasteiger partial charge in [0.25, 0.3) is 7.82 Å². The molecule has 0 aromatic rings. The molecule has 0 rings (SSSR count). The van der Waals surface area contributed by atoms with Gasteiger partial charge in [0.15, 0.2) is 0 Å². The Bertz CT molecular complexity index is 1250. The van der Waals surface area contributed by atoms with Gasteiger partial charge in [-0.2, -0.15) is 0 Å². The number of rotatable bonds is 57. The van der Waals surface area contributed by atoms with Crippen LogP contribution in [0.4, 0.5) is 0 Å². The number of unbranched alkanes of at least 4 members (excludes halogenated alkanes) is 38. The molecular weight excluding hydrogens is 900 g/mol. The predicted molar refractivity (Wildman–Crippen MR) is 307 cm³/mol. The first kappa shape index (κ1) is 69.7. The van der Waals surface area contributed by atoms with Gasteiger partial charge in [-0.05, 0) is 51.4 Å². The van der Waals surface area contributed by atoms with Crippen molar-refractivity contribution in [1.82, 2.24) is 5.32 Å². The highest BCUT2D eigenvalue weighted by Gasteiger charge is 2.24. The smallest absolute Gasteiger partial charge is 0.268 e. The second-order valence-corrected chi connectivity index (χ2v) is 23.8. The molecule has 0 bridgehead atoms. The molecule has 0 aliphatic carbocycles. The van der Waals surface area contributed by atoms with E-state index in [0.717, 1.165) is 51.4 Å². The van der Waals surface area contributed by atoms with Crippen LogP contribution in [0, 0.1) is 0 Å². The number of hydrogen-bond donors (Lipinski definition) is 2. The Morgan fingerprint density at radius 1 is 0.493 bits per heavy atom. The number of phosphoric ester groups is 1. The highest BCUT2D eigenvalue weighted by Crippen LogP contribution is 2.38. The first-order chi connectivity index (χ1) is 34.5. The highest BCUT2D eigenvalue weighted by molar-refractivity contribution is 7.45. The van der Waals surface area contributed by atoms with Crippen LogP contribution in [0.25, 0.3) is 0 Å². The zero-order valence-corrected chi connectivity index (χ0v) is 48.8. The summed E-state index contributed by atoms with van der Waals surface area (Å²) >= 11 is 0. The van der Waals surface area contributed by atoms with Crippen molar-refractivity contribution in [3.8, 4) is 0 Å². The monoisotopic (exact) mass is 1020 g/mol. The molecular formula is C62H121N2O6P. The van der Waals surface area contributed by atoms with Crippen LogP contribution in [0.5, 0.6) is 0 Å². The number of nitrogens with zero attached hydrogens (tertiary/aromatic N) is 1. The number of amides is 1. The normalized spacial score (nSPS) is 14.1. The molecule has 0 aliphatic heterocycles. The SMILES string of the molecule is CCCCCCC/C=C\C/C=C\C/C=C\CCCCCCCCCCCCCCCCCCCCCCCCC(=O)NC(COP(=O)([O-])OCC[N+](C)(C)C)C(O)CCCCCCCCCCCCCC. The zero-order chi connectivity index (χ0) is 52.0. The minimum absolute atomic E-state index is 0.0141. The minimum Gasteiger partial charge on any atom is -0.756 e. The molecule has 2 N–H and O–H groups in total. The Hall–Kier alpha value is -1.28. The summed E-state index contributed by atoms with van der Waals surface area (Å²) in [6.07, 6.45) is 69.2. The molecule has 9 heteroatoms. The van der Waals surface area contributed by atoms with E-state index < -0.39 is 20.0 Å². The van der Waals surface area contributed by atoms with E-state index in [-0.39, 0.29) is 19.1 Å². The number of carbonyl (C=O) groups is 1. The van der Waals surface area contributed by atoms with Crippen molar-refractivity contribution >= 4 is 13.7 Å². The number of quaternary nitrogens is 1. The first-order valence-corrected chi connectivity index (χ1v) is 32.3. The molecule has 3 atom stereocenters. The lowest BCUT2D eigenvalue weighted by atomic mass is 10.0. The van der Waals surface area contributed by atoms with Gasteiger partial charge in [0.1, 0.15) is 13.2 Å². The lowest BCUT2D eigenvalue weighted by Crippen LogP contribution is -2.46. The molecule has 1 amide bonds. The predicted octanol–water partition coefficient (Wildman–Crippen LogP) is 18.3. The van der Waals surface area contributed by atoms with E-state index in [4.69, 9.17) is 9.05 Å². The van der Waals surface area contributed by atoms with Crippen LogP contribution in [-0.4, -0.2) is 68.5 Å². The molecule has 71 heavy (non-hydrogen) atoms. The largest absolute Gasteiger partial charge is 0.756 e. The zero-order valence-electron chi connectivity index (χ0n) is 47.9. The molecule has 0 saturated carbocycles. The van der Waals surface area contributed by atoms with Gasteiger partial charge in [-0.15, -0.1) is 0 Å². The van der Waals surface area contributed by atoms with Crippen molar-refractivity contribution in [1.29, 1.82) is 0 Å². The maximum absolute atomic E-state index is 13.0. The number of hydrogen-bond acceptors (Lipinski definition) is 6. The van der Waals surface area contributed by atoms with Gasteiger partial charge in [0.2, 0.25) is 5.91 Å². The van der Waals surface area contributed by atoms with Crippen molar-refractivity contribution in [3.05, 3.63) is 36.5 Å². The van der Waals surface area contributed by atoms with Crippen molar-refractivity contribution in [3.63, 3.8) is 0 Å². The molecule has 0 heterocycles. The standard InChI is InChI=1S/C62H121N2O6P/c1-6-8-10-12-14-16-18-20-21-22-23-24-25-26-27-28-29-30-31-32-33-34-35-36-37-38-39-40-41-42-43-44-46-48-50-52-54-56-62(66)63-60(59-70-71(67,68)69-58-57-64(3,4)5)61(65)55-53-51-49-47-45-19-17-15-13-11-9-7-2/h18,20,22-23,25-26,60-61,65H,6-17,19,21,24,27-59H2,1-5H3,(H-,63,66,67,68)/b20-18-,23-22-,26-25-. The number of allylic oxidation sites excluding steroid dienone is 6. The number of carbonyl (C=O) groups excluding carboxylic acids is 1. The molecule has 0 aromatic carbocycles. The number of likely N-dealkylation sites (N-methyl/N-ethyl adjacent to an activating group) is 1. The van der Waals surface area contributed by atoms with Gasteiger partial charge in [-0.3, -0.25) is 9.36 Å². The summed E-state index contributed by atoms with van der Waals surface area (Å²) in [6.45, 7) is 4.73. The van der Waals surface area contributed by atoms with E-state index in [1.165, 1.54) is 225 Å². The van der Waals surface area contributed by atoms with Gasteiger partial charge in [-0.1, -0.05) is 281 Å². The molecule has 8 nitrogen and oxygen atoms in total. The van der Waals surface area contributed by atoms with Crippen LogP contribution in [0.3, 0.4) is 0 Å².